The number of hydrogen-bond donors (Lipinski definition) is 0. The van der Waals surface area contributed by atoms with Gasteiger partial charge in [0.05, 0.1) is 19.9 Å². The third-order valence-corrected chi connectivity index (χ3v) is 2.53. The van der Waals surface area contributed by atoms with Crippen molar-refractivity contribution in [2.45, 2.75) is 0 Å². The summed E-state index contributed by atoms with van der Waals surface area (Å²) >= 11 is 0. The highest BCUT2D eigenvalue weighted by Gasteiger charge is 2.08. The van der Waals surface area contributed by atoms with Crippen LogP contribution in [0.1, 0.15) is 10.5 Å². The van der Waals surface area contributed by atoms with Gasteiger partial charge in [0.15, 0.2) is 0 Å². The van der Waals surface area contributed by atoms with Crippen molar-refractivity contribution in [3.63, 3.8) is 0 Å². The van der Waals surface area contributed by atoms with Gasteiger partial charge in [-0.2, -0.15) is 0 Å². The first-order valence-electron chi connectivity index (χ1n) is 5.44. The van der Waals surface area contributed by atoms with Gasteiger partial charge in [-0.1, -0.05) is 6.07 Å². The van der Waals surface area contributed by atoms with E-state index in [1.54, 1.807) is 19.2 Å². The molecule has 0 aliphatic heterocycles. The van der Waals surface area contributed by atoms with Crippen molar-refractivity contribution in [1.29, 1.82) is 0 Å². The molecule has 0 amide bonds. The van der Waals surface area contributed by atoms with E-state index in [1.165, 1.54) is 7.11 Å². The Bertz CT molecular complexity index is 549. The van der Waals surface area contributed by atoms with Gasteiger partial charge in [-0.05, 0) is 36.4 Å². The van der Waals surface area contributed by atoms with E-state index in [4.69, 9.17) is 4.74 Å². The fourth-order valence-corrected chi connectivity index (χ4v) is 1.58. The van der Waals surface area contributed by atoms with Crippen LogP contribution < -0.4 is 4.74 Å². The number of hydrogen-bond acceptors (Lipinski definition) is 4. The molecule has 0 atom stereocenters. The average molecular weight is 243 g/mol. The maximum atomic E-state index is 11.4. The fourth-order valence-electron chi connectivity index (χ4n) is 1.58. The lowest BCUT2D eigenvalue weighted by atomic mass is 10.1. The molecule has 1 aromatic carbocycles. The van der Waals surface area contributed by atoms with Gasteiger partial charge in [0, 0.05) is 5.56 Å². The summed E-state index contributed by atoms with van der Waals surface area (Å²) in [5.74, 6) is 0.341. The van der Waals surface area contributed by atoms with Crippen LogP contribution in [0.5, 0.6) is 5.75 Å². The Morgan fingerprint density at radius 1 is 1.06 bits per heavy atom. The number of benzene rings is 1. The molecule has 0 fully saturated rings. The predicted octanol–water partition coefficient (Wildman–Crippen LogP) is 2.54. The largest absolute Gasteiger partial charge is 0.497 e. The monoisotopic (exact) mass is 243 g/mol. The molecule has 2 aromatic rings. The van der Waals surface area contributed by atoms with Crippen LogP contribution in [0.3, 0.4) is 0 Å². The SMILES string of the molecule is COC(=O)c1cccc(-c2ccc(OC)cc2)n1. The van der Waals surface area contributed by atoms with E-state index >= 15 is 0 Å². The normalized spacial score (nSPS) is 9.89. The third kappa shape index (κ3) is 2.48. The topological polar surface area (TPSA) is 48.4 Å². The van der Waals surface area contributed by atoms with Gasteiger partial charge in [0.2, 0.25) is 0 Å². The number of esters is 1. The molecule has 2 rings (SSSR count). The molecule has 0 aliphatic rings. The summed E-state index contributed by atoms with van der Waals surface area (Å²) in [6, 6.07) is 12.7. The Balaban J connectivity index is 2.35. The maximum Gasteiger partial charge on any atom is 0.356 e. The number of rotatable bonds is 3. The van der Waals surface area contributed by atoms with Gasteiger partial charge < -0.3 is 9.47 Å². The number of carbonyl (C=O) groups is 1. The van der Waals surface area contributed by atoms with Crippen LogP contribution in [0.15, 0.2) is 42.5 Å². The Morgan fingerprint density at radius 2 is 1.78 bits per heavy atom. The standard InChI is InChI=1S/C14H13NO3/c1-17-11-8-6-10(7-9-11)12-4-3-5-13(15-12)14(16)18-2/h3-9H,1-2H3. The molecule has 4 heteroatoms. The zero-order chi connectivity index (χ0) is 13.0. The summed E-state index contributed by atoms with van der Waals surface area (Å²) in [7, 11) is 2.95. The summed E-state index contributed by atoms with van der Waals surface area (Å²) in [6.45, 7) is 0. The minimum absolute atomic E-state index is 0.297. The van der Waals surface area contributed by atoms with Gasteiger partial charge in [-0.15, -0.1) is 0 Å². The van der Waals surface area contributed by atoms with E-state index in [-0.39, 0.29) is 0 Å². The molecule has 0 unspecified atom stereocenters. The summed E-state index contributed by atoms with van der Waals surface area (Å²) < 4.78 is 9.73. The van der Waals surface area contributed by atoms with Crippen molar-refractivity contribution in [1.82, 2.24) is 4.98 Å². The maximum absolute atomic E-state index is 11.4. The molecule has 92 valence electrons. The Labute approximate surface area is 105 Å². The zero-order valence-electron chi connectivity index (χ0n) is 10.2. The minimum Gasteiger partial charge on any atom is -0.497 e. The summed E-state index contributed by atoms with van der Waals surface area (Å²) in [4.78, 5) is 15.6. The number of aromatic nitrogens is 1. The van der Waals surface area contributed by atoms with Gasteiger partial charge in [-0.25, -0.2) is 9.78 Å². The second-order valence-electron chi connectivity index (χ2n) is 3.63. The van der Waals surface area contributed by atoms with Crippen molar-refractivity contribution >= 4 is 5.97 Å². The van der Waals surface area contributed by atoms with E-state index in [9.17, 15) is 4.79 Å². The molecule has 0 spiro atoms. The van der Waals surface area contributed by atoms with Crippen LogP contribution >= 0.6 is 0 Å². The van der Waals surface area contributed by atoms with Crippen molar-refractivity contribution in [3.05, 3.63) is 48.2 Å². The molecule has 0 saturated carbocycles. The van der Waals surface area contributed by atoms with Crippen LogP contribution in [0, 0.1) is 0 Å². The van der Waals surface area contributed by atoms with Crippen LogP contribution in [0.2, 0.25) is 0 Å². The number of carbonyl (C=O) groups excluding carboxylic acids is 1. The lowest BCUT2D eigenvalue weighted by molar-refractivity contribution is 0.0594. The Morgan fingerprint density at radius 3 is 2.39 bits per heavy atom. The quantitative estimate of drug-likeness (QED) is 0.777. The molecule has 0 N–H and O–H groups in total. The molecule has 4 nitrogen and oxygen atoms in total. The molecule has 1 heterocycles. The summed E-state index contributed by atoms with van der Waals surface area (Å²) in [6.07, 6.45) is 0. The second-order valence-corrected chi connectivity index (χ2v) is 3.63. The first kappa shape index (κ1) is 12.1. The number of methoxy groups -OCH3 is 2. The number of pyridine rings is 1. The van der Waals surface area contributed by atoms with E-state index in [2.05, 4.69) is 9.72 Å². The summed E-state index contributed by atoms with van der Waals surface area (Å²) in [5.41, 5.74) is 1.94. The van der Waals surface area contributed by atoms with Gasteiger partial charge in [-0.3, -0.25) is 0 Å². The molecule has 1 aromatic heterocycles. The van der Waals surface area contributed by atoms with E-state index in [1.807, 2.05) is 30.3 Å². The molecule has 0 radical (unpaired) electrons. The van der Waals surface area contributed by atoms with Crippen molar-refractivity contribution in [2.75, 3.05) is 14.2 Å². The fraction of sp³-hybridized carbons (Fsp3) is 0.143. The van der Waals surface area contributed by atoms with Crippen molar-refractivity contribution in [3.8, 4) is 17.0 Å². The smallest absolute Gasteiger partial charge is 0.356 e. The van der Waals surface area contributed by atoms with Crippen LogP contribution in [0.4, 0.5) is 0 Å². The van der Waals surface area contributed by atoms with E-state index in [0.29, 0.717) is 5.69 Å². The first-order chi connectivity index (χ1) is 8.74. The highest BCUT2D eigenvalue weighted by Crippen LogP contribution is 2.20. The van der Waals surface area contributed by atoms with Gasteiger partial charge in [0.1, 0.15) is 11.4 Å². The van der Waals surface area contributed by atoms with E-state index < -0.39 is 5.97 Å². The summed E-state index contributed by atoms with van der Waals surface area (Å²) in [5, 5.41) is 0. The van der Waals surface area contributed by atoms with Crippen molar-refractivity contribution in [2.24, 2.45) is 0 Å². The molecule has 0 saturated heterocycles. The van der Waals surface area contributed by atoms with Gasteiger partial charge >= 0.3 is 5.97 Å². The molecular weight excluding hydrogens is 230 g/mol. The highest BCUT2D eigenvalue weighted by molar-refractivity contribution is 5.87. The second kappa shape index (κ2) is 5.31. The number of ether oxygens (including phenoxy) is 2. The van der Waals surface area contributed by atoms with Crippen LogP contribution in [-0.2, 0) is 4.74 Å². The predicted molar refractivity (Wildman–Crippen MR) is 67.6 cm³/mol. The minimum atomic E-state index is -0.439. The highest BCUT2D eigenvalue weighted by atomic mass is 16.5. The molecule has 18 heavy (non-hydrogen) atoms. The Kier molecular flexibility index (Phi) is 3.57. The molecule has 0 aliphatic carbocycles. The first-order valence-corrected chi connectivity index (χ1v) is 5.44. The van der Waals surface area contributed by atoms with Crippen molar-refractivity contribution < 1.29 is 14.3 Å². The van der Waals surface area contributed by atoms with Crippen LogP contribution in [-0.4, -0.2) is 25.2 Å². The average Bonchev–Trinajstić information content (AvgIpc) is 2.46. The lowest BCUT2D eigenvalue weighted by Crippen LogP contribution is -2.04. The van der Waals surface area contributed by atoms with E-state index in [0.717, 1.165) is 17.0 Å². The zero-order valence-corrected chi connectivity index (χ0v) is 10.2. The lowest BCUT2D eigenvalue weighted by Gasteiger charge is -2.04. The number of nitrogens with zero attached hydrogens (tertiary/aromatic N) is 1. The van der Waals surface area contributed by atoms with Crippen LogP contribution in [0.25, 0.3) is 11.3 Å². The van der Waals surface area contributed by atoms with Gasteiger partial charge in [0.25, 0.3) is 0 Å². The Hall–Kier alpha value is -2.36. The molecule has 0 bridgehead atoms. The molecular formula is C14H13NO3. The third-order valence-electron chi connectivity index (χ3n) is 2.53.